The Labute approximate surface area is 175 Å². The second-order valence-corrected chi connectivity index (χ2v) is 7.31. The van der Waals surface area contributed by atoms with Crippen molar-refractivity contribution < 1.29 is 23.8 Å². The molecular weight excluding hydrogens is 382 g/mol. The van der Waals surface area contributed by atoms with Gasteiger partial charge >= 0.3 is 5.97 Å². The number of ether oxygens (including phenoxy) is 3. The van der Waals surface area contributed by atoms with E-state index in [0.717, 1.165) is 17.1 Å². The van der Waals surface area contributed by atoms with E-state index in [-0.39, 0.29) is 12.4 Å². The quantitative estimate of drug-likeness (QED) is 0.470. The number of aromatic nitrogens is 1. The average molecular weight is 405 g/mol. The molecule has 0 saturated carbocycles. The first-order chi connectivity index (χ1) is 14.4. The lowest BCUT2D eigenvalue weighted by Gasteiger charge is -2.18. The van der Waals surface area contributed by atoms with E-state index < -0.39 is 5.97 Å². The third-order valence-corrected chi connectivity index (χ3v) is 5.14. The number of ketones is 1. The molecule has 1 aromatic heterocycles. The molecule has 2 aromatic carbocycles. The van der Waals surface area contributed by atoms with Gasteiger partial charge in [-0.2, -0.15) is 0 Å². The Balaban J connectivity index is 1.47. The number of esters is 1. The van der Waals surface area contributed by atoms with Gasteiger partial charge < -0.3 is 18.8 Å². The smallest absolute Gasteiger partial charge is 0.338 e. The molecule has 0 radical (unpaired) electrons. The molecule has 0 atom stereocenters. The summed E-state index contributed by atoms with van der Waals surface area (Å²) in [6.07, 6.45) is 0. The lowest BCUT2D eigenvalue weighted by molar-refractivity contribution is 0.0473. The van der Waals surface area contributed by atoms with Crippen LogP contribution < -0.4 is 9.47 Å². The second kappa shape index (κ2) is 8.06. The average Bonchev–Trinajstić information content (AvgIpc) is 3.06. The second-order valence-electron chi connectivity index (χ2n) is 7.31. The molecule has 1 aliphatic heterocycles. The van der Waals surface area contributed by atoms with Gasteiger partial charge in [-0.15, -0.1) is 0 Å². The zero-order chi connectivity index (χ0) is 21.3. The number of fused-ring (bicyclic) bond motifs is 1. The molecule has 2 heterocycles. The SMILES string of the molecule is Cc1ccc(-n2c(C)cc(C(=O)COC(=O)c3ccc4c(c3)OCCO4)c2C)cc1. The van der Waals surface area contributed by atoms with Crippen molar-refractivity contribution >= 4 is 11.8 Å². The minimum absolute atomic E-state index is 0.243. The molecule has 154 valence electrons. The van der Waals surface area contributed by atoms with Crippen molar-refractivity contribution in [1.82, 2.24) is 4.57 Å². The predicted octanol–water partition coefficient (Wildman–Crippen LogP) is 4.21. The normalized spacial score (nSPS) is 12.5. The molecule has 0 fully saturated rings. The first-order valence-corrected chi connectivity index (χ1v) is 9.80. The summed E-state index contributed by atoms with van der Waals surface area (Å²) in [4.78, 5) is 25.2. The highest BCUT2D eigenvalue weighted by molar-refractivity contribution is 6.00. The van der Waals surface area contributed by atoms with E-state index in [1.807, 2.05) is 55.7 Å². The zero-order valence-electron chi connectivity index (χ0n) is 17.2. The number of hydrogen-bond donors (Lipinski definition) is 0. The highest BCUT2D eigenvalue weighted by atomic mass is 16.6. The van der Waals surface area contributed by atoms with Crippen molar-refractivity contribution in [3.8, 4) is 17.2 Å². The summed E-state index contributed by atoms with van der Waals surface area (Å²) in [5, 5.41) is 0. The number of aryl methyl sites for hydroxylation is 2. The Bertz CT molecular complexity index is 1110. The fraction of sp³-hybridized carbons (Fsp3) is 0.250. The van der Waals surface area contributed by atoms with Gasteiger partial charge in [0.25, 0.3) is 0 Å². The van der Waals surface area contributed by atoms with Gasteiger partial charge in [-0.05, 0) is 57.2 Å². The number of rotatable bonds is 5. The number of carbonyl (C=O) groups excluding carboxylic acids is 2. The van der Waals surface area contributed by atoms with Crippen LogP contribution in [0.1, 0.15) is 37.7 Å². The molecule has 1 aliphatic rings. The fourth-order valence-electron chi connectivity index (χ4n) is 3.60. The summed E-state index contributed by atoms with van der Waals surface area (Å²) in [5.41, 5.74) is 4.78. The van der Waals surface area contributed by atoms with E-state index >= 15 is 0 Å². The largest absolute Gasteiger partial charge is 0.486 e. The van der Waals surface area contributed by atoms with Crippen LogP contribution in [0.25, 0.3) is 5.69 Å². The van der Waals surface area contributed by atoms with Crippen LogP contribution in [0.4, 0.5) is 0 Å². The highest BCUT2D eigenvalue weighted by Crippen LogP contribution is 2.31. The lowest BCUT2D eigenvalue weighted by atomic mass is 10.1. The van der Waals surface area contributed by atoms with E-state index in [9.17, 15) is 9.59 Å². The van der Waals surface area contributed by atoms with Crippen molar-refractivity contribution in [2.75, 3.05) is 19.8 Å². The molecule has 0 saturated heterocycles. The van der Waals surface area contributed by atoms with Crippen LogP contribution in [0, 0.1) is 20.8 Å². The molecule has 0 amide bonds. The van der Waals surface area contributed by atoms with Gasteiger partial charge in [0.1, 0.15) is 13.2 Å². The van der Waals surface area contributed by atoms with E-state index in [0.29, 0.717) is 35.8 Å². The van der Waals surface area contributed by atoms with Crippen LogP contribution in [0.2, 0.25) is 0 Å². The number of nitrogens with zero attached hydrogens (tertiary/aromatic N) is 1. The summed E-state index contributed by atoms with van der Waals surface area (Å²) in [6, 6.07) is 14.8. The van der Waals surface area contributed by atoms with E-state index in [2.05, 4.69) is 0 Å². The molecule has 0 spiro atoms. The Morgan fingerprint density at radius 2 is 1.63 bits per heavy atom. The van der Waals surface area contributed by atoms with Gasteiger partial charge in [0, 0.05) is 22.6 Å². The van der Waals surface area contributed by atoms with E-state index in [1.165, 1.54) is 5.56 Å². The molecule has 0 N–H and O–H groups in total. The van der Waals surface area contributed by atoms with Gasteiger partial charge in [0.05, 0.1) is 5.56 Å². The third-order valence-electron chi connectivity index (χ3n) is 5.14. The van der Waals surface area contributed by atoms with Crippen LogP contribution in [-0.2, 0) is 4.74 Å². The van der Waals surface area contributed by atoms with Crippen LogP contribution >= 0.6 is 0 Å². The fourth-order valence-corrected chi connectivity index (χ4v) is 3.60. The molecule has 0 bridgehead atoms. The maximum atomic E-state index is 12.7. The molecule has 6 heteroatoms. The Kier molecular flexibility index (Phi) is 5.31. The van der Waals surface area contributed by atoms with Crippen LogP contribution in [0.3, 0.4) is 0 Å². The summed E-state index contributed by atoms with van der Waals surface area (Å²) in [6.45, 7) is 6.45. The van der Waals surface area contributed by atoms with Gasteiger partial charge in [0.2, 0.25) is 5.78 Å². The number of hydrogen-bond acceptors (Lipinski definition) is 5. The summed E-state index contributed by atoms with van der Waals surface area (Å²) < 4.78 is 18.2. The molecule has 4 rings (SSSR count). The first-order valence-electron chi connectivity index (χ1n) is 9.80. The van der Waals surface area contributed by atoms with Crippen molar-refractivity contribution in [1.29, 1.82) is 0 Å². The minimum Gasteiger partial charge on any atom is -0.486 e. The molecule has 0 aliphatic carbocycles. The molecule has 6 nitrogen and oxygen atoms in total. The zero-order valence-corrected chi connectivity index (χ0v) is 17.2. The number of carbonyl (C=O) groups is 2. The Morgan fingerprint density at radius 3 is 2.37 bits per heavy atom. The molecule has 0 unspecified atom stereocenters. The summed E-state index contributed by atoms with van der Waals surface area (Å²) in [7, 11) is 0. The van der Waals surface area contributed by atoms with Gasteiger partial charge in [-0.3, -0.25) is 4.79 Å². The summed E-state index contributed by atoms with van der Waals surface area (Å²) >= 11 is 0. The van der Waals surface area contributed by atoms with Gasteiger partial charge in [-0.25, -0.2) is 4.79 Å². The first kappa shape index (κ1) is 19.8. The number of Topliss-reactive ketones (excluding diaryl/α,β-unsaturated/α-hetero) is 1. The third kappa shape index (κ3) is 3.81. The van der Waals surface area contributed by atoms with Gasteiger partial charge in [-0.1, -0.05) is 17.7 Å². The standard InChI is InChI=1S/C24H23NO5/c1-15-4-7-19(8-5-15)25-16(2)12-20(17(25)3)21(26)14-30-24(27)18-6-9-22-23(13-18)29-11-10-28-22/h4-9,12-13H,10-11,14H2,1-3H3. The van der Waals surface area contributed by atoms with Crippen LogP contribution in [0.5, 0.6) is 11.5 Å². The predicted molar refractivity (Wildman–Crippen MR) is 112 cm³/mol. The van der Waals surface area contributed by atoms with Crippen molar-refractivity contribution in [3.63, 3.8) is 0 Å². The maximum absolute atomic E-state index is 12.7. The van der Waals surface area contributed by atoms with Crippen molar-refractivity contribution in [2.24, 2.45) is 0 Å². The van der Waals surface area contributed by atoms with E-state index in [4.69, 9.17) is 14.2 Å². The number of benzene rings is 2. The molecule has 3 aromatic rings. The van der Waals surface area contributed by atoms with Crippen LogP contribution in [-0.4, -0.2) is 36.1 Å². The Morgan fingerprint density at radius 1 is 0.933 bits per heavy atom. The maximum Gasteiger partial charge on any atom is 0.338 e. The molecular formula is C24H23NO5. The topological polar surface area (TPSA) is 66.8 Å². The Hall–Kier alpha value is -3.54. The highest BCUT2D eigenvalue weighted by Gasteiger charge is 2.20. The lowest BCUT2D eigenvalue weighted by Crippen LogP contribution is -2.17. The van der Waals surface area contributed by atoms with Gasteiger partial charge in [0.15, 0.2) is 18.1 Å². The minimum atomic E-state index is -0.576. The van der Waals surface area contributed by atoms with Crippen molar-refractivity contribution in [3.05, 3.63) is 76.6 Å². The van der Waals surface area contributed by atoms with Crippen LogP contribution in [0.15, 0.2) is 48.5 Å². The summed E-state index contributed by atoms with van der Waals surface area (Å²) in [5.74, 6) is 0.279. The molecule has 30 heavy (non-hydrogen) atoms. The van der Waals surface area contributed by atoms with E-state index in [1.54, 1.807) is 18.2 Å². The van der Waals surface area contributed by atoms with Crippen molar-refractivity contribution in [2.45, 2.75) is 20.8 Å². The monoisotopic (exact) mass is 405 g/mol.